The molecule has 0 aromatic heterocycles. The molecule has 1 rings (SSSR count). The molecule has 0 saturated carbocycles. The van der Waals surface area contributed by atoms with Gasteiger partial charge in [-0.1, -0.05) is 26.0 Å². The van der Waals surface area contributed by atoms with Crippen LogP contribution in [-0.2, 0) is 4.79 Å². The largest absolute Gasteiger partial charge is 0.354 e. The number of carbonyl (C=O) groups excluding carboxylic acids is 2. The SMILES string of the molecule is CC(N)CCNC(=O)C(NC(=O)c1ccccc1F)C(C)C.Cl. The van der Waals surface area contributed by atoms with E-state index >= 15 is 0 Å². The van der Waals surface area contributed by atoms with Crippen molar-refractivity contribution >= 4 is 24.2 Å². The van der Waals surface area contributed by atoms with Crippen LogP contribution < -0.4 is 16.4 Å². The van der Waals surface area contributed by atoms with Gasteiger partial charge in [0.05, 0.1) is 5.56 Å². The van der Waals surface area contributed by atoms with Crippen LogP contribution in [-0.4, -0.2) is 30.4 Å². The summed E-state index contributed by atoms with van der Waals surface area (Å²) in [4.78, 5) is 24.3. The predicted octanol–water partition coefficient (Wildman–Crippen LogP) is 1.86. The molecule has 0 bridgehead atoms. The van der Waals surface area contributed by atoms with Crippen molar-refractivity contribution in [1.82, 2.24) is 10.6 Å². The molecule has 0 aliphatic heterocycles. The summed E-state index contributed by atoms with van der Waals surface area (Å²) in [6.07, 6.45) is 0.651. The van der Waals surface area contributed by atoms with Crippen LogP contribution in [0.5, 0.6) is 0 Å². The van der Waals surface area contributed by atoms with Crippen LogP contribution >= 0.6 is 12.4 Å². The summed E-state index contributed by atoms with van der Waals surface area (Å²) in [5.74, 6) is -1.62. The molecule has 0 spiro atoms. The molecule has 4 N–H and O–H groups in total. The number of halogens is 2. The Balaban J connectivity index is 0.00000484. The van der Waals surface area contributed by atoms with E-state index in [1.807, 2.05) is 20.8 Å². The molecule has 130 valence electrons. The Morgan fingerprint density at radius 2 is 1.83 bits per heavy atom. The van der Waals surface area contributed by atoms with Crippen molar-refractivity contribution in [1.29, 1.82) is 0 Å². The van der Waals surface area contributed by atoms with Crippen molar-refractivity contribution in [3.63, 3.8) is 0 Å². The first kappa shape index (κ1) is 21.3. The Morgan fingerprint density at radius 1 is 1.22 bits per heavy atom. The van der Waals surface area contributed by atoms with E-state index in [9.17, 15) is 14.0 Å². The van der Waals surface area contributed by atoms with Crippen LogP contribution in [0.4, 0.5) is 4.39 Å². The van der Waals surface area contributed by atoms with Crippen LogP contribution in [0.15, 0.2) is 24.3 Å². The van der Waals surface area contributed by atoms with E-state index < -0.39 is 17.8 Å². The van der Waals surface area contributed by atoms with Gasteiger partial charge < -0.3 is 16.4 Å². The van der Waals surface area contributed by atoms with Gasteiger partial charge in [-0.05, 0) is 31.4 Å². The Bertz CT molecular complexity index is 524. The molecule has 0 aliphatic rings. The fraction of sp³-hybridized carbons (Fsp3) is 0.500. The molecule has 0 aliphatic carbocycles. The number of benzene rings is 1. The van der Waals surface area contributed by atoms with Gasteiger partial charge in [0.15, 0.2) is 0 Å². The maximum atomic E-state index is 13.6. The van der Waals surface area contributed by atoms with E-state index in [1.54, 1.807) is 6.07 Å². The van der Waals surface area contributed by atoms with Crippen LogP contribution in [0.2, 0.25) is 0 Å². The number of hydrogen-bond acceptors (Lipinski definition) is 3. The quantitative estimate of drug-likeness (QED) is 0.705. The fourth-order valence-electron chi connectivity index (χ4n) is 1.93. The van der Waals surface area contributed by atoms with Gasteiger partial charge in [0.1, 0.15) is 11.9 Å². The molecular weight excluding hydrogens is 321 g/mol. The zero-order valence-corrected chi connectivity index (χ0v) is 14.5. The molecule has 2 amide bonds. The van der Waals surface area contributed by atoms with Crippen LogP contribution in [0.1, 0.15) is 37.6 Å². The molecule has 2 unspecified atom stereocenters. The van der Waals surface area contributed by atoms with Crippen molar-refractivity contribution in [2.75, 3.05) is 6.54 Å². The highest BCUT2D eigenvalue weighted by atomic mass is 35.5. The lowest BCUT2D eigenvalue weighted by atomic mass is 10.0. The van der Waals surface area contributed by atoms with E-state index in [0.717, 1.165) is 0 Å². The molecule has 0 heterocycles. The number of carbonyl (C=O) groups is 2. The highest BCUT2D eigenvalue weighted by Crippen LogP contribution is 2.09. The third kappa shape index (κ3) is 6.97. The molecule has 2 atom stereocenters. The molecule has 23 heavy (non-hydrogen) atoms. The van der Waals surface area contributed by atoms with Gasteiger partial charge in [-0.25, -0.2) is 4.39 Å². The standard InChI is InChI=1S/C16H24FN3O2.ClH/c1-10(2)14(16(22)19-9-8-11(3)18)20-15(21)12-6-4-5-7-13(12)17;/h4-7,10-11,14H,8-9,18H2,1-3H3,(H,19,22)(H,20,21);1H. The molecule has 0 fully saturated rings. The zero-order chi connectivity index (χ0) is 16.7. The summed E-state index contributed by atoms with van der Waals surface area (Å²) >= 11 is 0. The minimum atomic E-state index is -0.722. The molecule has 1 aromatic rings. The van der Waals surface area contributed by atoms with Crippen LogP contribution in [0.3, 0.4) is 0 Å². The molecule has 0 radical (unpaired) electrons. The van der Waals surface area contributed by atoms with Gasteiger partial charge in [0.2, 0.25) is 5.91 Å². The Labute approximate surface area is 142 Å². The number of nitrogens with one attached hydrogen (secondary N) is 2. The van der Waals surface area contributed by atoms with E-state index in [1.165, 1.54) is 18.2 Å². The first-order valence-corrected chi connectivity index (χ1v) is 7.41. The van der Waals surface area contributed by atoms with Gasteiger partial charge in [-0.15, -0.1) is 12.4 Å². The highest BCUT2D eigenvalue weighted by Gasteiger charge is 2.25. The van der Waals surface area contributed by atoms with Crippen LogP contribution in [0.25, 0.3) is 0 Å². The summed E-state index contributed by atoms with van der Waals surface area (Å²) in [7, 11) is 0. The fourth-order valence-corrected chi connectivity index (χ4v) is 1.93. The predicted molar refractivity (Wildman–Crippen MR) is 91.0 cm³/mol. The third-order valence-corrected chi connectivity index (χ3v) is 3.25. The first-order chi connectivity index (χ1) is 10.3. The van der Waals surface area contributed by atoms with Gasteiger partial charge in [-0.2, -0.15) is 0 Å². The number of hydrogen-bond donors (Lipinski definition) is 3. The average molecular weight is 346 g/mol. The normalized spacial score (nSPS) is 13.0. The molecule has 1 aromatic carbocycles. The lowest BCUT2D eigenvalue weighted by Gasteiger charge is -2.22. The Kier molecular flexibility index (Phi) is 9.44. The second-order valence-corrected chi connectivity index (χ2v) is 5.73. The minimum absolute atomic E-state index is 0. The topological polar surface area (TPSA) is 84.2 Å². The number of nitrogens with two attached hydrogens (primary N) is 1. The molecule has 5 nitrogen and oxygen atoms in total. The lowest BCUT2D eigenvalue weighted by Crippen LogP contribution is -2.50. The molecule has 7 heteroatoms. The van der Waals surface area contributed by atoms with Gasteiger partial charge in [0, 0.05) is 12.6 Å². The van der Waals surface area contributed by atoms with Gasteiger partial charge in [0.25, 0.3) is 5.91 Å². The zero-order valence-electron chi connectivity index (χ0n) is 13.6. The smallest absolute Gasteiger partial charge is 0.254 e. The van der Waals surface area contributed by atoms with Crippen LogP contribution in [0, 0.1) is 11.7 Å². The Hall–Kier alpha value is -1.66. The van der Waals surface area contributed by atoms with Gasteiger partial charge in [-0.3, -0.25) is 9.59 Å². The highest BCUT2D eigenvalue weighted by molar-refractivity contribution is 5.97. The van der Waals surface area contributed by atoms with Gasteiger partial charge >= 0.3 is 0 Å². The van der Waals surface area contributed by atoms with Crippen molar-refractivity contribution in [3.8, 4) is 0 Å². The van der Waals surface area contributed by atoms with Crippen molar-refractivity contribution in [2.24, 2.45) is 11.7 Å². The lowest BCUT2D eigenvalue weighted by molar-refractivity contribution is -0.123. The minimum Gasteiger partial charge on any atom is -0.354 e. The van der Waals surface area contributed by atoms with E-state index in [-0.39, 0.29) is 35.8 Å². The van der Waals surface area contributed by atoms with Crippen molar-refractivity contribution < 1.29 is 14.0 Å². The van der Waals surface area contributed by atoms with Crippen molar-refractivity contribution in [2.45, 2.75) is 39.3 Å². The second kappa shape index (κ2) is 10.2. The maximum absolute atomic E-state index is 13.6. The summed E-state index contributed by atoms with van der Waals surface area (Å²) in [5, 5.41) is 5.33. The first-order valence-electron chi connectivity index (χ1n) is 7.41. The second-order valence-electron chi connectivity index (χ2n) is 5.73. The number of amides is 2. The number of rotatable bonds is 7. The van der Waals surface area contributed by atoms with Crippen molar-refractivity contribution in [3.05, 3.63) is 35.6 Å². The maximum Gasteiger partial charge on any atom is 0.254 e. The summed E-state index contributed by atoms with van der Waals surface area (Å²) in [6, 6.07) is 4.95. The summed E-state index contributed by atoms with van der Waals surface area (Å²) in [5.41, 5.74) is 5.55. The van der Waals surface area contributed by atoms with E-state index in [0.29, 0.717) is 13.0 Å². The molecular formula is C16H25ClFN3O2. The Morgan fingerprint density at radius 3 is 2.35 bits per heavy atom. The summed E-state index contributed by atoms with van der Waals surface area (Å²) < 4.78 is 13.6. The monoisotopic (exact) mass is 345 g/mol. The van der Waals surface area contributed by atoms with E-state index in [2.05, 4.69) is 10.6 Å². The van der Waals surface area contributed by atoms with E-state index in [4.69, 9.17) is 5.73 Å². The molecule has 0 saturated heterocycles. The summed E-state index contributed by atoms with van der Waals surface area (Å²) in [6.45, 7) is 5.93. The average Bonchev–Trinajstić information content (AvgIpc) is 2.44. The third-order valence-electron chi connectivity index (χ3n) is 3.25.